The number of halogens is 1. The standard InChI is InChI=1S/C25H30IN3O6/c1-5-33-20-13-17(12-19(26)23(20)35-15-21(30)34-6-2)14-27-29-25(32)22(16(3)4)28-24(31)18-10-8-7-9-11-18/h7-14,16,22H,5-6,15H2,1-4H3,(H,28,31)(H,29,32). The molecule has 2 aromatic rings. The highest BCUT2D eigenvalue weighted by Gasteiger charge is 2.24. The van der Waals surface area contributed by atoms with E-state index in [1.807, 2.05) is 26.8 Å². The van der Waals surface area contributed by atoms with Gasteiger partial charge in [0.05, 0.1) is 23.0 Å². The van der Waals surface area contributed by atoms with Crippen LogP contribution in [-0.2, 0) is 14.3 Å². The van der Waals surface area contributed by atoms with E-state index in [0.717, 1.165) is 0 Å². The largest absolute Gasteiger partial charge is 0.490 e. The average molecular weight is 595 g/mol. The van der Waals surface area contributed by atoms with Gasteiger partial charge in [0.15, 0.2) is 18.1 Å². The van der Waals surface area contributed by atoms with Gasteiger partial charge in [-0.05, 0) is 72.2 Å². The van der Waals surface area contributed by atoms with Crippen LogP contribution >= 0.6 is 22.6 Å². The third-order valence-electron chi connectivity index (χ3n) is 4.63. The molecule has 35 heavy (non-hydrogen) atoms. The molecule has 0 saturated carbocycles. The van der Waals surface area contributed by atoms with Crippen LogP contribution < -0.4 is 20.2 Å². The van der Waals surface area contributed by atoms with Crippen LogP contribution in [0, 0.1) is 9.49 Å². The number of nitrogens with one attached hydrogen (secondary N) is 2. The quantitative estimate of drug-likeness (QED) is 0.168. The van der Waals surface area contributed by atoms with E-state index in [4.69, 9.17) is 14.2 Å². The number of hydrogen-bond donors (Lipinski definition) is 2. The third-order valence-corrected chi connectivity index (χ3v) is 5.43. The molecule has 2 rings (SSSR count). The van der Waals surface area contributed by atoms with Gasteiger partial charge in [0.2, 0.25) is 0 Å². The number of nitrogens with zero attached hydrogens (tertiary/aromatic N) is 1. The van der Waals surface area contributed by atoms with Crippen molar-refractivity contribution in [2.24, 2.45) is 11.0 Å². The van der Waals surface area contributed by atoms with Crippen LogP contribution in [0.2, 0.25) is 0 Å². The zero-order chi connectivity index (χ0) is 25.8. The van der Waals surface area contributed by atoms with Crippen molar-refractivity contribution in [3.05, 3.63) is 57.2 Å². The van der Waals surface area contributed by atoms with E-state index < -0.39 is 17.9 Å². The van der Waals surface area contributed by atoms with Crippen molar-refractivity contribution in [3.8, 4) is 11.5 Å². The van der Waals surface area contributed by atoms with Crippen LogP contribution in [0.3, 0.4) is 0 Å². The predicted octanol–water partition coefficient (Wildman–Crippen LogP) is 3.54. The Hall–Kier alpha value is -3.15. The maximum absolute atomic E-state index is 12.7. The van der Waals surface area contributed by atoms with Crippen molar-refractivity contribution in [1.82, 2.24) is 10.7 Å². The van der Waals surface area contributed by atoms with Gasteiger partial charge in [0, 0.05) is 5.56 Å². The molecule has 0 heterocycles. The maximum Gasteiger partial charge on any atom is 0.344 e. The Morgan fingerprint density at radius 1 is 1.06 bits per heavy atom. The topological polar surface area (TPSA) is 115 Å². The molecule has 0 aromatic heterocycles. The van der Waals surface area contributed by atoms with Gasteiger partial charge in [0.1, 0.15) is 6.04 Å². The van der Waals surface area contributed by atoms with Gasteiger partial charge in [-0.15, -0.1) is 0 Å². The first-order chi connectivity index (χ1) is 16.8. The van der Waals surface area contributed by atoms with Gasteiger partial charge >= 0.3 is 5.97 Å². The highest BCUT2D eigenvalue weighted by molar-refractivity contribution is 14.1. The summed E-state index contributed by atoms with van der Waals surface area (Å²) < 4.78 is 16.8. The molecule has 0 spiro atoms. The molecule has 2 N–H and O–H groups in total. The Kier molecular flexibility index (Phi) is 11.5. The molecule has 0 saturated heterocycles. The van der Waals surface area contributed by atoms with Crippen molar-refractivity contribution in [1.29, 1.82) is 0 Å². The van der Waals surface area contributed by atoms with E-state index in [2.05, 4.69) is 38.4 Å². The van der Waals surface area contributed by atoms with Crippen molar-refractivity contribution in [3.63, 3.8) is 0 Å². The number of rotatable bonds is 12. The summed E-state index contributed by atoms with van der Waals surface area (Å²) in [5.41, 5.74) is 3.61. The zero-order valence-corrected chi connectivity index (χ0v) is 22.3. The number of ether oxygens (including phenoxy) is 3. The molecule has 0 radical (unpaired) electrons. The molecule has 2 amide bonds. The monoisotopic (exact) mass is 595 g/mol. The minimum Gasteiger partial charge on any atom is -0.490 e. The first-order valence-corrected chi connectivity index (χ1v) is 12.3. The van der Waals surface area contributed by atoms with Gasteiger partial charge in [0.25, 0.3) is 11.8 Å². The molecular weight excluding hydrogens is 565 g/mol. The number of esters is 1. The van der Waals surface area contributed by atoms with Crippen molar-refractivity contribution in [2.45, 2.75) is 33.7 Å². The summed E-state index contributed by atoms with van der Waals surface area (Å²) >= 11 is 2.07. The van der Waals surface area contributed by atoms with Crippen molar-refractivity contribution in [2.75, 3.05) is 19.8 Å². The summed E-state index contributed by atoms with van der Waals surface area (Å²) in [4.78, 5) is 36.8. The summed E-state index contributed by atoms with van der Waals surface area (Å²) in [7, 11) is 0. The summed E-state index contributed by atoms with van der Waals surface area (Å²) in [6, 6.07) is 11.4. The van der Waals surface area contributed by atoms with E-state index in [1.165, 1.54) is 6.21 Å². The van der Waals surface area contributed by atoms with Crippen LogP contribution in [0.1, 0.15) is 43.6 Å². The number of hydrogen-bond acceptors (Lipinski definition) is 7. The smallest absolute Gasteiger partial charge is 0.344 e. The molecule has 2 aromatic carbocycles. The summed E-state index contributed by atoms with van der Waals surface area (Å²) in [6.07, 6.45) is 1.47. The lowest BCUT2D eigenvalue weighted by molar-refractivity contribution is -0.145. The van der Waals surface area contributed by atoms with E-state index in [-0.39, 0.29) is 25.0 Å². The highest BCUT2D eigenvalue weighted by atomic mass is 127. The lowest BCUT2D eigenvalue weighted by Gasteiger charge is -2.20. The normalized spacial score (nSPS) is 11.7. The minimum atomic E-state index is -0.766. The Morgan fingerprint density at radius 2 is 1.77 bits per heavy atom. The second-order valence-electron chi connectivity index (χ2n) is 7.65. The maximum atomic E-state index is 12.7. The average Bonchev–Trinajstić information content (AvgIpc) is 2.82. The van der Waals surface area contributed by atoms with E-state index >= 15 is 0 Å². The molecule has 1 atom stereocenters. The first kappa shape index (κ1) is 28.1. The van der Waals surface area contributed by atoms with Crippen LogP contribution in [0.5, 0.6) is 11.5 Å². The number of carbonyl (C=O) groups is 3. The summed E-state index contributed by atoms with van der Waals surface area (Å²) in [6.45, 7) is 7.65. The Morgan fingerprint density at radius 3 is 2.40 bits per heavy atom. The molecule has 0 aliphatic heterocycles. The molecular formula is C25H30IN3O6. The predicted molar refractivity (Wildman–Crippen MR) is 141 cm³/mol. The molecule has 0 aliphatic carbocycles. The van der Waals surface area contributed by atoms with Crippen LogP contribution in [0.15, 0.2) is 47.6 Å². The summed E-state index contributed by atoms with van der Waals surface area (Å²) in [5, 5.41) is 6.80. The third kappa shape index (κ3) is 8.85. The molecule has 0 aliphatic rings. The van der Waals surface area contributed by atoms with E-state index in [1.54, 1.807) is 43.3 Å². The second kappa shape index (κ2) is 14.3. The molecule has 9 nitrogen and oxygen atoms in total. The van der Waals surface area contributed by atoms with Crippen molar-refractivity contribution >= 4 is 46.6 Å². The Balaban J connectivity index is 2.09. The fourth-order valence-electron chi connectivity index (χ4n) is 2.99. The number of carbonyl (C=O) groups excluding carboxylic acids is 3. The lowest BCUT2D eigenvalue weighted by atomic mass is 10.0. The Bertz CT molecular complexity index is 1040. The molecule has 1 unspecified atom stereocenters. The van der Waals surface area contributed by atoms with E-state index in [0.29, 0.717) is 32.8 Å². The zero-order valence-electron chi connectivity index (χ0n) is 20.2. The van der Waals surface area contributed by atoms with Gasteiger partial charge in [-0.1, -0.05) is 32.0 Å². The van der Waals surface area contributed by atoms with Crippen LogP contribution in [0.25, 0.3) is 0 Å². The van der Waals surface area contributed by atoms with Gasteiger partial charge < -0.3 is 19.5 Å². The molecule has 0 bridgehead atoms. The fourth-order valence-corrected chi connectivity index (χ4v) is 3.77. The SMILES string of the molecule is CCOC(=O)COc1c(I)cc(C=NNC(=O)C(NC(=O)c2ccccc2)C(C)C)cc1OCC. The van der Waals surface area contributed by atoms with Gasteiger partial charge in [-0.2, -0.15) is 5.10 Å². The second-order valence-corrected chi connectivity index (χ2v) is 8.81. The molecule has 10 heteroatoms. The Labute approximate surface area is 218 Å². The first-order valence-electron chi connectivity index (χ1n) is 11.2. The highest BCUT2D eigenvalue weighted by Crippen LogP contribution is 2.34. The van der Waals surface area contributed by atoms with Crippen LogP contribution in [-0.4, -0.2) is 49.9 Å². The summed E-state index contributed by atoms with van der Waals surface area (Å²) in [5.74, 6) is -0.540. The fraction of sp³-hybridized carbons (Fsp3) is 0.360. The number of amides is 2. The minimum absolute atomic E-state index is 0.154. The van der Waals surface area contributed by atoms with E-state index in [9.17, 15) is 14.4 Å². The molecule has 0 fully saturated rings. The van der Waals surface area contributed by atoms with Gasteiger partial charge in [-0.25, -0.2) is 10.2 Å². The number of benzene rings is 2. The van der Waals surface area contributed by atoms with Crippen LogP contribution in [0.4, 0.5) is 0 Å². The van der Waals surface area contributed by atoms with Gasteiger partial charge in [-0.3, -0.25) is 9.59 Å². The van der Waals surface area contributed by atoms with Crippen molar-refractivity contribution < 1.29 is 28.6 Å². The lowest BCUT2D eigenvalue weighted by Crippen LogP contribution is -2.48. The molecule has 188 valence electrons. The number of hydrazone groups is 1.